The molecule has 1 N–H and O–H groups in total. The Balaban J connectivity index is 1.41. The Hall–Kier alpha value is -3.46. The van der Waals surface area contributed by atoms with E-state index in [0.29, 0.717) is 31.4 Å². The number of hydrogen-bond donors (Lipinski definition) is 1. The number of nitrogens with zero attached hydrogens (tertiary/aromatic N) is 5. The predicted octanol–water partition coefficient (Wildman–Crippen LogP) is 3.52. The first-order chi connectivity index (χ1) is 18.1. The lowest BCUT2D eigenvalue weighted by atomic mass is 9.85. The molecule has 0 bridgehead atoms. The largest absolute Gasteiger partial charge is 0.473 e. The third-order valence-corrected chi connectivity index (χ3v) is 8.24. The predicted molar refractivity (Wildman–Crippen MR) is 146 cm³/mol. The first kappa shape index (κ1) is 24.9. The summed E-state index contributed by atoms with van der Waals surface area (Å²) in [7, 11) is 4.03. The second kappa shape index (κ2) is 9.08. The van der Waals surface area contributed by atoms with Crippen molar-refractivity contribution in [3.63, 3.8) is 0 Å². The summed E-state index contributed by atoms with van der Waals surface area (Å²) in [4.78, 5) is 38.9. The van der Waals surface area contributed by atoms with Gasteiger partial charge < -0.3 is 24.4 Å². The number of hydrogen-bond acceptors (Lipinski definition) is 6. The van der Waals surface area contributed by atoms with Crippen LogP contribution in [0.4, 0.5) is 5.69 Å². The minimum atomic E-state index is -0.572. The van der Waals surface area contributed by atoms with Gasteiger partial charge in [0.15, 0.2) is 0 Å². The highest BCUT2D eigenvalue weighted by Crippen LogP contribution is 2.44. The zero-order chi connectivity index (χ0) is 26.8. The summed E-state index contributed by atoms with van der Waals surface area (Å²) in [5, 5.41) is 2.91. The summed E-state index contributed by atoms with van der Waals surface area (Å²) in [5.74, 6) is 0.833. The van der Waals surface area contributed by atoms with Gasteiger partial charge >= 0.3 is 0 Å². The zero-order valence-corrected chi connectivity index (χ0v) is 22.8. The first-order valence-corrected chi connectivity index (χ1v) is 13.6. The van der Waals surface area contributed by atoms with E-state index in [1.54, 1.807) is 0 Å². The standard InChI is InChI=1S/C29H36N6O3/c1-17(19-13-25(36)30-15-19)38-27-26-23(31-16-35(26)20-7-8-20)14-22(32-27)18-6-9-21-24(12-18)34(11-10-33(4)5)28(37)29(21,2)3/h6,9,12,14,16-17,19-20H,7-8,10-11,13,15H2,1-5H3,(H,30,36)/t17-,19?/m1/s1. The van der Waals surface area contributed by atoms with Gasteiger partial charge in [-0.05, 0) is 65.4 Å². The number of nitrogens with one attached hydrogen (secondary N) is 1. The van der Waals surface area contributed by atoms with Crippen molar-refractivity contribution in [3.8, 4) is 17.1 Å². The minimum absolute atomic E-state index is 0.0646. The van der Waals surface area contributed by atoms with Gasteiger partial charge in [0.1, 0.15) is 11.6 Å². The summed E-state index contributed by atoms with van der Waals surface area (Å²) in [6.45, 7) is 8.02. The number of ether oxygens (including phenoxy) is 1. The van der Waals surface area contributed by atoms with Gasteiger partial charge in [-0.1, -0.05) is 12.1 Å². The maximum absolute atomic E-state index is 13.3. The molecule has 1 aromatic carbocycles. The number of pyridine rings is 1. The van der Waals surface area contributed by atoms with Gasteiger partial charge in [-0.2, -0.15) is 0 Å². The van der Waals surface area contributed by atoms with Gasteiger partial charge in [-0.25, -0.2) is 9.97 Å². The molecule has 3 aliphatic rings. The van der Waals surface area contributed by atoms with E-state index in [-0.39, 0.29) is 23.8 Å². The lowest BCUT2D eigenvalue weighted by Gasteiger charge is -2.22. The minimum Gasteiger partial charge on any atom is -0.473 e. The molecule has 6 rings (SSSR count). The topological polar surface area (TPSA) is 92.6 Å². The van der Waals surface area contributed by atoms with Crippen LogP contribution in [0, 0.1) is 5.92 Å². The van der Waals surface area contributed by atoms with E-state index in [2.05, 4.69) is 26.9 Å². The Morgan fingerprint density at radius 2 is 2.00 bits per heavy atom. The van der Waals surface area contributed by atoms with Crippen molar-refractivity contribution < 1.29 is 14.3 Å². The van der Waals surface area contributed by atoms with Crippen molar-refractivity contribution in [1.29, 1.82) is 0 Å². The fourth-order valence-corrected chi connectivity index (χ4v) is 5.64. The van der Waals surface area contributed by atoms with Crippen LogP contribution in [0.5, 0.6) is 5.88 Å². The number of carbonyl (C=O) groups is 2. The smallest absolute Gasteiger partial charge is 0.241 e. The molecule has 1 unspecified atom stereocenters. The van der Waals surface area contributed by atoms with Crippen LogP contribution in [0.15, 0.2) is 30.6 Å². The van der Waals surface area contributed by atoms with Crippen LogP contribution in [0.25, 0.3) is 22.3 Å². The SMILES string of the molecule is C[C@@H](Oc1nc(-c2ccc3c(c2)N(CCN(C)C)C(=O)C3(C)C)cc2ncn(C3CC3)c12)C1CNC(=O)C1. The third kappa shape index (κ3) is 4.22. The summed E-state index contributed by atoms with van der Waals surface area (Å²) in [6, 6.07) is 8.63. The van der Waals surface area contributed by atoms with Crippen molar-refractivity contribution in [2.24, 2.45) is 5.92 Å². The molecule has 2 aliphatic heterocycles. The van der Waals surface area contributed by atoms with Crippen molar-refractivity contribution in [3.05, 3.63) is 36.2 Å². The average molecular weight is 517 g/mol. The van der Waals surface area contributed by atoms with Crippen LogP contribution < -0.4 is 15.0 Å². The number of aromatic nitrogens is 3. The summed E-state index contributed by atoms with van der Waals surface area (Å²) in [6.07, 6.45) is 4.42. The number of anilines is 1. The molecule has 1 saturated heterocycles. The van der Waals surface area contributed by atoms with E-state index < -0.39 is 5.41 Å². The van der Waals surface area contributed by atoms with Gasteiger partial charge in [0.2, 0.25) is 17.7 Å². The number of likely N-dealkylation sites (N-methyl/N-ethyl adjacent to an activating group) is 1. The molecule has 200 valence electrons. The van der Waals surface area contributed by atoms with Crippen molar-refractivity contribution in [2.75, 3.05) is 38.6 Å². The number of amides is 2. The van der Waals surface area contributed by atoms with Gasteiger partial charge in [-0.3, -0.25) is 9.59 Å². The van der Waals surface area contributed by atoms with E-state index in [0.717, 1.165) is 52.9 Å². The van der Waals surface area contributed by atoms with E-state index in [9.17, 15) is 9.59 Å². The Bertz CT molecular complexity index is 1420. The van der Waals surface area contributed by atoms with Crippen LogP contribution in [0.2, 0.25) is 0 Å². The van der Waals surface area contributed by atoms with Crippen LogP contribution in [-0.4, -0.2) is 71.1 Å². The Morgan fingerprint density at radius 3 is 2.68 bits per heavy atom. The molecule has 0 radical (unpaired) electrons. The number of fused-ring (bicyclic) bond motifs is 2. The van der Waals surface area contributed by atoms with Gasteiger partial charge in [0.25, 0.3) is 0 Å². The second-order valence-corrected chi connectivity index (χ2v) is 11.8. The van der Waals surface area contributed by atoms with Gasteiger partial charge in [0.05, 0.1) is 23.0 Å². The van der Waals surface area contributed by atoms with E-state index in [4.69, 9.17) is 14.7 Å². The van der Waals surface area contributed by atoms with E-state index in [1.807, 2.05) is 58.2 Å². The zero-order valence-electron chi connectivity index (χ0n) is 22.8. The van der Waals surface area contributed by atoms with Gasteiger partial charge in [0, 0.05) is 49.3 Å². The molecule has 1 saturated carbocycles. The number of benzene rings is 1. The molecule has 2 atom stereocenters. The molecule has 2 aromatic heterocycles. The number of imidazole rings is 1. The monoisotopic (exact) mass is 516 g/mol. The Kier molecular flexibility index (Phi) is 5.94. The maximum Gasteiger partial charge on any atom is 0.241 e. The fourth-order valence-electron chi connectivity index (χ4n) is 5.64. The molecule has 1 aliphatic carbocycles. The summed E-state index contributed by atoms with van der Waals surface area (Å²) >= 11 is 0. The lowest BCUT2D eigenvalue weighted by Crippen LogP contribution is -2.39. The number of carbonyl (C=O) groups excluding carboxylic acids is 2. The molecule has 4 heterocycles. The third-order valence-electron chi connectivity index (χ3n) is 8.24. The van der Waals surface area contributed by atoms with E-state index >= 15 is 0 Å². The van der Waals surface area contributed by atoms with Crippen LogP contribution in [0.1, 0.15) is 51.6 Å². The maximum atomic E-state index is 13.3. The van der Waals surface area contributed by atoms with Crippen LogP contribution in [0.3, 0.4) is 0 Å². The molecule has 9 heteroatoms. The van der Waals surface area contributed by atoms with Crippen molar-refractivity contribution in [2.45, 2.75) is 57.6 Å². The van der Waals surface area contributed by atoms with Crippen molar-refractivity contribution in [1.82, 2.24) is 24.8 Å². The van der Waals surface area contributed by atoms with Crippen molar-refractivity contribution >= 4 is 28.5 Å². The lowest BCUT2D eigenvalue weighted by molar-refractivity contribution is -0.122. The summed E-state index contributed by atoms with van der Waals surface area (Å²) < 4.78 is 8.67. The molecule has 9 nitrogen and oxygen atoms in total. The molecule has 2 fully saturated rings. The molecule has 2 amide bonds. The molecule has 3 aromatic rings. The molecular formula is C29H36N6O3. The van der Waals surface area contributed by atoms with Crippen LogP contribution >= 0.6 is 0 Å². The van der Waals surface area contributed by atoms with Crippen LogP contribution in [-0.2, 0) is 15.0 Å². The Labute approximate surface area is 223 Å². The molecule has 0 spiro atoms. The molecular weight excluding hydrogens is 480 g/mol. The fraction of sp³-hybridized carbons (Fsp3) is 0.517. The highest BCUT2D eigenvalue weighted by molar-refractivity contribution is 6.08. The summed E-state index contributed by atoms with van der Waals surface area (Å²) in [5.41, 5.74) is 4.83. The number of rotatable bonds is 8. The Morgan fingerprint density at radius 1 is 1.21 bits per heavy atom. The average Bonchev–Trinajstić information content (AvgIpc) is 3.42. The van der Waals surface area contributed by atoms with E-state index in [1.165, 1.54) is 0 Å². The quantitative estimate of drug-likeness (QED) is 0.493. The highest BCUT2D eigenvalue weighted by atomic mass is 16.5. The first-order valence-electron chi connectivity index (χ1n) is 13.6. The van der Waals surface area contributed by atoms with Gasteiger partial charge in [-0.15, -0.1) is 0 Å². The second-order valence-electron chi connectivity index (χ2n) is 11.8. The molecule has 38 heavy (non-hydrogen) atoms. The highest BCUT2D eigenvalue weighted by Gasteiger charge is 2.43. The normalized spacial score (nSPS) is 21.3.